The monoisotopic (exact) mass is 724 g/mol. The first-order valence-electron chi connectivity index (χ1n) is 18.7. The zero-order chi connectivity index (χ0) is 37.5. The third kappa shape index (κ3) is 7.09. The van der Waals surface area contributed by atoms with Crippen molar-refractivity contribution in [3.05, 3.63) is 71.6 Å². The van der Waals surface area contributed by atoms with E-state index in [1.165, 1.54) is 0 Å². The van der Waals surface area contributed by atoms with Gasteiger partial charge in [-0.1, -0.05) is 32.0 Å². The normalized spacial score (nSPS) is 33.6. The molecule has 1 aromatic carbocycles. The van der Waals surface area contributed by atoms with Gasteiger partial charge in [-0.2, -0.15) is 0 Å². The summed E-state index contributed by atoms with van der Waals surface area (Å²) in [6.45, 7) is 6.91. The van der Waals surface area contributed by atoms with Crippen LogP contribution in [0, 0.1) is 22.7 Å². The Morgan fingerprint density at radius 2 is 1.94 bits per heavy atom. The maximum atomic E-state index is 13.8. The fourth-order valence-corrected chi connectivity index (χ4v) is 9.53. The topological polar surface area (TPSA) is 161 Å². The minimum atomic E-state index is -0.782. The van der Waals surface area contributed by atoms with Crippen molar-refractivity contribution in [1.29, 1.82) is 0 Å². The minimum absolute atomic E-state index is 0.0127. The number of allylic oxidation sites excluding steroid dienone is 1. The Hall–Kier alpha value is -4.23. The summed E-state index contributed by atoms with van der Waals surface area (Å²) in [4.78, 5) is 42.4. The number of carbonyl (C=O) groups is 2. The SMILES string of the molecule is CC(NC1CC2[C@](C)(CC[C@@H](O)[C@@]2(C)CO)C(CC(Nc2ccccn2)C2=C/C(=C\c3ccc(N(C)C)cc3)OC2=O)C12CO2)C(=O)CC1=NCC=N1. The predicted molar refractivity (Wildman–Crippen MR) is 205 cm³/mol. The molecule has 9 atom stereocenters. The molecule has 6 unspecified atom stereocenters. The Morgan fingerprint density at radius 1 is 1.17 bits per heavy atom. The van der Waals surface area contributed by atoms with E-state index in [2.05, 4.69) is 32.5 Å². The largest absolute Gasteiger partial charge is 0.423 e. The number of ketones is 1. The van der Waals surface area contributed by atoms with Crippen molar-refractivity contribution in [2.24, 2.45) is 32.7 Å². The van der Waals surface area contributed by atoms with Crippen molar-refractivity contribution >= 4 is 41.4 Å². The summed E-state index contributed by atoms with van der Waals surface area (Å²) < 4.78 is 12.4. The van der Waals surface area contributed by atoms with Crippen LogP contribution in [-0.4, -0.2) is 103 Å². The van der Waals surface area contributed by atoms with Gasteiger partial charge in [0.1, 0.15) is 23.0 Å². The number of hydrogen-bond acceptors (Lipinski definition) is 12. The number of ether oxygens (including phenoxy) is 2. The van der Waals surface area contributed by atoms with Crippen LogP contribution in [-0.2, 0) is 19.1 Å². The van der Waals surface area contributed by atoms with E-state index in [-0.39, 0.29) is 42.1 Å². The molecule has 1 aromatic heterocycles. The molecular weight excluding hydrogens is 672 g/mol. The summed E-state index contributed by atoms with van der Waals surface area (Å²) in [7, 11) is 3.98. The average molecular weight is 725 g/mol. The van der Waals surface area contributed by atoms with Gasteiger partial charge in [-0.25, -0.2) is 14.8 Å². The first-order chi connectivity index (χ1) is 25.4. The van der Waals surface area contributed by atoms with Gasteiger partial charge >= 0.3 is 5.97 Å². The second-order valence-electron chi connectivity index (χ2n) is 16.1. The molecule has 12 heteroatoms. The van der Waals surface area contributed by atoms with Crippen LogP contribution < -0.4 is 15.5 Å². The highest BCUT2D eigenvalue weighted by Gasteiger charge is 2.71. The number of Topliss-reactive ketones (excluding diaryl/α,β-unsaturated/α-hetero) is 1. The highest BCUT2D eigenvalue weighted by atomic mass is 16.6. The van der Waals surface area contributed by atoms with Crippen LogP contribution in [0.1, 0.15) is 58.4 Å². The molecule has 2 aromatic rings. The maximum Gasteiger partial charge on any atom is 0.341 e. The molecule has 4 heterocycles. The number of aromatic nitrogens is 1. The summed E-state index contributed by atoms with van der Waals surface area (Å²) in [5.74, 6) is 0.918. The third-order valence-electron chi connectivity index (χ3n) is 12.7. The molecule has 53 heavy (non-hydrogen) atoms. The molecule has 2 saturated carbocycles. The number of aliphatic hydroxyl groups excluding tert-OH is 2. The first kappa shape index (κ1) is 37.1. The van der Waals surface area contributed by atoms with Gasteiger partial charge in [0, 0.05) is 43.7 Å². The molecule has 4 N–H and O–H groups in total. The molecular formula is C41H52N6O6. The van der Waals surface area contributed by atoms with Gasteiger partial charge in [0.2, 0.25) is 0 Å². The number of nitrogens with zero attached hydrogens (tertiary/aromatic N) is 4. The molecule has 7 rings (SSSR count). The van der Waals surface area contributed by atoms with Crippen LogP contribution in [0.2, 0.25) is 0 Å². The second kappa shape index (κ2) is 14.5. The number of esters is 1. The van der Waals surface area contributed by atoms with E-state index in [4.69, 9.17) is 9.47 Å². The number of anilines is 2. The second-order valence-corrected chi connectivity index (χ2v) is 16.1. The summed E-state index contributed by atoms with van der Waals surface area (Å²) >= 11 is 0. The van der Waals surface area contributed by atoms with Gasteiger partial charge in [-0.05, 0) is 91.8 Å². The molecule has 282 valence electrons. The van der Waals surface area contributed by atoms with Crippen LogP contribution in [0.25, 0.3) is 6.08 Å². The summed E-state index contributed by atoms with van der Waals surface area (Å²) in [6.07, 6.45) is 8.91. The van der Waals surface area contributed by atoms with Crippen LogP contribution in [0.3, 0.4) is 0 Å². The molecule has 1 saturated heterocycles. The minimum Gasteiger partial charge on any atom is -0.423 e. The number of aliphatic imine (C=N–C) groups is 2. The Kier molecular flexibility index (Phi) is 10.2. The fraction of sp³-hybridized carbons (Fsp3) is 0.537. The molecule has 0 radical (unpaired) electrons. The van der Waals surface area contributed by atoms with Crippen molar-refractivity contribution in [2.75, 3.05) is 44.1 Å². The number of cyclic esters (lactones) is 1. The standard InChI is InChI=1S/C41H52N6O6/c1-25(31(49)21-37-43-16-17-44-37)45-34-22-32-39(2,14-13-35(50)40(32,3)23-48)33(41(34)24-52-41)20-30(46-36-8-6-7-15-42-36)29-19-28(53-38(29)51)18-26-9-11-27(12-10-26)47(4)5/h6-12,15-16,18-19,25,30,32-35,45,48,50H,13-14,17,20-24H2,1-5H3,(H,42,46)/b28-18+/t25?,30?,32?,33?,34?,35-,39+,40+,41?/m1/s1. The van der Waals surface area contributed by atoms with Crippen LogP contribution in [0.5, 0.6) is 0 Å². The van der Waals surface area contributed by atoms with Crippen LogP contribution in [0.15, 0.2) is 76.1 Å². The van der Waals surface area contributed by atoms with Crippen molar-refractivity contribution in [3.8, 4) is 0 Å². The summed E-state index contributed by atoms with van der Waals surface area (Å²) in [5, 5.41) is 29.5. The fourth-order valence-electron chi connectivity index (χ4n) is 9.53. The number of epoxide rings is 1. The summed E-state index contributed by atoms with van der Waals surface area (Å²) in [6, 6.07) is 12.4. The maximum absolute atomic E-state index is 13.8. The molecule has 1 spiro atoms. The first-order valence-corrected chi connectivity index (χ1v) is 18.7. The number of pyridine rings is 1. The lowest BCUT2D eigenvalue weighted by Crippen LogP contribution is -2.67. The molecule has 3 fully saturated rings. The van der Waals surface area contributed by atoms with Gasteiger partial charge in [-0.15, -0.1) is 0 Å². The van der Waals surface area contributed by atoms with Crippen molar-refractivity contribution in [1.82, 2.24) is 10.3 Å². The number of carbonyl (C=O) groups excluding carboxylic acids is 2. The average Bonchev–Trinajstić information content (AvgIpc) is 3.59. The predicted octanol–water partition coefficient (Wildman–Crippen LogP) is 4.20. The van der Waals surface area contributed by atoms with E-state index >= 15 is 0 Å². The van der Waals surface area contributed by atoms with E-state index in [1.54, 1.807) is 12.4 Å². The highest BCUT2D eigenvalue weighted by Crippen LogP contribution is 2.66. The van der Waals surface area contributed by atoms with E-state index in [0.29, 0.717) is 55.4 Å². The van der Waals surface area contributed by atoms with Crippen molar-refractivity contribution < 1.29 is 29.3 Å². The number of amidine groups is 1. The number of hydrogen-bond donors (Lipinski definition) is 4. The number of rotatable bonds is 13. The Morgan fingerprint density at radius 3 is 2.58 bits per heavy atom. The van der Waals surface area contributed by atoms with E-state index < -0.39 is 35.2 Å². The molecule has 0 bridgehead atoms. The molecule has 5 aliphatic rings. The highest BCUT2D eigenvalue weighted by molar-refractivity contribution is 6.07. The Balaban J connectivity index is 1.24. The number of benzene rings is 1. The zero-order valence-corrected chi connectivity index (χ0v) is 31.3. The number of aliphatic hydroxyl groups is 2. The molecule has 2 aliphatic carbocycles. The van der Waals surface area contributed by atoms with Gasteiger partial charge < -0.3 is 35.2 Å². The number of fused-ring (bicyclic) bond motifs is 1. The van der Waals surface area contributed by atoms with Gasteiger partial charge in [0.05, 0.1) is 49.9 Å². The lowest BCUT2D eigenvalue weighted by molar-refractivity contribution is -0.184. The van der Waals surface area contributed by atoms with Gasteiger partial charge in [0.25, 0.3) is 0 Å². The molecule has 12 nitrogen and oxygen atoms in total. The van der Waals surface area contributed by atoms with Crippen molar-refractivity contribution in [2.45, 2.75) is 82.7 Å². The Bertz CT molecular complexity index is 1820. The van der Waals surface area contributed by atoms with E-state index in [1.807, 2.05) is 87.5 Å². The van der Waals surface area contributed by atoms with Gasteiger partial charge in [0.15, 0.2) is 5.78 Å². The quantitative estimate of drug-likeness (QED) is 0.174. The molecule has 0 amide bonds. The lowest BCUT2D eigenvalue weighted by Gasteiger charge is -2.63. The van der Waals surface area contributed by atoms with Gasteiger partial charge in [-0.3, -0.25) is 9.79 Å². The van der Waals surface area contributed by atoms with E-state index in [9.17, 15) is 19.8 Å². The summed E-state index contributed by atoms with van der Waals surface area (Å²) in [5.41, 5.74) is 0.660. The van der Waals surface area contributed by atoms with Crippen LogP contribution in [0.4, 0.5) is 11.5 Å². The van der Waals surface area contributed by atoms with E-state index in [0.717, 1.165) is 17.7 Å². The molecule has 3 aliphatic heterocycles. The Labute approximate surface area is 311 Å². The number of nitrogens with one attached hydrogen (secondary N) is 2. The van der Waals surface area contributed by atoms with Crippen LogP contribution >= 0.6 is 0 Å². The smallest absolute Gasteiger partial charge is 0.341 e. The zero-order valence-electron chi connectivity index (χ0n) is 31.3. The third-order valence-corrected chi connectivity index (χ3v) is 12.7. The van der Waals surface area contributed by atoms with Crippen molar-refractivity contribution in [3.63, 3.8) is 0 Å². The lowest BCUT2D eigenvalue weighted by atomic mass is 9.43.